The average Bonchev–Trinajstić information content (AvgIpc) is 2.37. The highest BCUT2D eigenvalue weighted by atomic mass is 15.2. The van der Waals surface area contributed by atoms with Crippen molar-refractivity contribution in [2.45, 2.75) is 26.2 Å². The zero-order valence-electron chi connectivity index (χ0n) is 10.7. The zero-order chi connectivity index (χ0) is 11.7. The lowest BCUT2D eigenvalue weighted by Gasteiger charge is -2.50. The van der Waals surface area contributed by atoms with Gasteiger partial charge in [0.05, 0.1) is 0 Å². The number of nitrogens with one attached hydrogen (secondary N) is 1. The van der Waals surface area contributed by atoms with Gasteiger partial charge in [0, 0.05) is 37.3 Å². The van der Waals surface area contributed by atoms with Gasteiger partial charge in [-0.25, -0.2) is 0 Å². The molecule has 17 heavy (non-hydrogen) atoms. The van der Waals surface area contributed by atoms with E-state index in [-0.39, 0.29) is 0 Å². The van der Waals surface area contributed by atoms with Gasteiger partial charge in [-0.1, -0.05) is 25.1 Å². The molecule has 2 aliphatic rings. The van der Waals surface area contributed by atoms with Crippen molar-refractivity contribution in [2.24, 2.45) is 5.41 Å². The molecule has 2 saturated heterocycles. The fraction of sp³-hybridized carbons (Fsp3) is 0.600. The maximum atomic E-state index is 3.45. The largest absolute Gasteiger partial charge is 0.371 e. The lowest BCUT2D eigenvalue weighted by molar-refractivity contribution is 0.138. The first-order valence-corrected chi connectivity index (χ1v) is 6.87. The van der Waals surface area contributed by atoms with E-state index in [0.717, 1.165) is 6.42 Å². The van der Waals surface area contributed by atoms with Gasteiger partial charge in [-0.15, -0.1) is 0 Å². The van der Waals surface area contributed by atoms with Crippen LogP contribution in [0, 0.1) is 5.41 Å². The van der Waals surface area contributed by atoms with Crippen LogP contribution < -0.4 is 10.2 Å². The Kier molecular flexibility index (Phi) is 2.83. The van der Waals surface area contributed by atoms with Crippen molar-refractivity contribution in [3.63, 3.8) is 0 Å². The molecule has 2 aliphatic heterocycles. The summed E-state index contributed by atoms with van der Waals surface area (Å²) < 4.78 is 0. The molecule has 1 aromatic rings. The fourth-order valence-electron chi connectivity index (χ4n) is 3.30. The van der Waals surface area contributed by atoms with Crippen LogP contribution in [-0.4, -0.2) is 26.2 Å². The van der Waals surface area contributed by atoms with Crippen LogP contribution in [0.15, 0.2) is 24.3 Å². The molecule has 2 heterocycles. The molecule has 0 aromatic heterocycles. The van der Waals surface area contributed by atoms with Gasteiger partial charge in [-0.05, 0) is 30.9 Å². The number of anilines is 1. The SMILES string of the molecule is CCc1ccccc1N1CCCC2(CNC2)C1. The minimum Gasteiger partial charge on any atom is -0.371 e. The molecule has 1 N–H and O–H groups in total. The number of benzene rings is 1. The molecular weight excluding hydrogens is 208 g/mol. The summed E-state index contributed by atoms with van der Waals surface area (Å²) in [5.74, 6) is 0. The molecule has 0 aliphatic carbocycles. The van der Waals surface area contributed by atoms with Crippen LogP contribution in [0.2, 0.25) is 0 Å². The predicted molar refractivity (Wildman–Crippen MR) is 72.6 cm³/mol. The molecule has 92 valence electrons. The van der Waals surface area contributed by atoms with Crippen molar-refractivity contribution >= 4 is 5.69 Å². The van der Waals surface area contributed by atoms with E-state index in [9.17, 15) is 0 Å². The van der Waals surface area contributed by atoms with Gasteiger partial charge in [0.2, 0.25) is 0 Å². The van der Waals surface area contributed by atoms with Crippen molar-refractivity contribution < 1.29 is 0 Å². The van der Waals surface area contributed by atoms with E-state index in [1.165, 1.54) is 50.3 Å². The zero-order valence-corrected chi connectivity index (χ0v) is 10.7. The third-order valence-electron chi connectivity index (χ3n) is 4.37. The molecule has 1 spiro atoms. The van der Waals surface area contributed by atoms with Gasteiger partial charge >= 0.3 is 0 Å². The second-order valence-electron chi connectivity index (χ2n) is 5.61. The third-order valence-corrected chi connectivity index (χ3v) is 4.37. The number of hydrogen-bond donors (Lipinski definition) is 1. The average molecular weight is 230 g/mol. The van der Waals surface area contributed by atoms with Gasteiger partial charge in [0.25, 0.3) is 0 Å². The van der Waals surface area contributed by atoms with Crippen LogP contribution in [0.4, 0.5) is 5.69 Å². The summed E-state index contributed by atoms with van der Waals surface area (Å²) in [5, 5.41) is 3.45. The van der Waals surface area contributed by atoms with Gasteiger partial charge in [0.15, 0.2) is 0 Å². The highest BCUT2D eigenvalue weighted by Gasteiger charge is 2.40. The Labute approximate surface area is 104 Å². The number of nitrogens with zero attached hydrogens (tertiary/aromatic N) is 1. The molecule has 1 aromatic carbocycles. The summed E-state index contributed by atoms with van der Waals surface area (Å²) in [6.07, 6.45) is 3.89. The van der Waals surface area contributed by atoms with E-state index in [1.54, 1.807) is 0 Å². The third kappa shape index (κ3) is 1.95. The van der Waals surface area contributed by atoms with Crippen molar-refractivity contribution in [2.75, 3.05) is 31.1 Å². The smallest absolute Gasteiger partial charge is 0.0398 e. The molecule has 2 heteroatoms. The topological polar surface area (TPSA) is 15.3 Å². The maximum absolute atomic E-state index is 3.45. The first-order valence-electron chi connectivity index (χ1n) is 6.87. The minimum atomic E-state index is 0.582. The molecule has 0 bridgehead atoms. The van der Waals surface area contributed by atoms with Crippen molar-refractivity contribution in [3.8, 4) is 0 Å². The summed E-state index contributed by atoms with van der Waals surface area (Å²) >= 11 is 0. The lowest BCUT2D eigenvalue weighted by Crippen LogP contribution is -2.61. The van der Waals surface area contributed by atoms with Crippen LogP contribution >= 0.6 is 0 Å². The van der Waals surface area contributed by atoms with Crippen LogP contribution in [0.5, 0.6) is 0 Å². The van der Waals surface area contributed by atoms with Crippen LogP contribution in [0.25, 0.3) is 0 Å². The van der Waals surface area contributed by atoms with E-state index in [0.29, 0.717) is 5.41 Å². The Morgan fingerprint density at radius 1 is 1.29 bits per heavy atom. The van der Waals surface area contributed by atoms with E-state index >= 15 is 0 Å². The van der Waals surface area contributed by atoms with E-state index < -0.39 is 0 Å². The highest BCUT2D eigenvalue weighted by Crippen LogP contribution is 2.36. The number of piperidine rings is 1. The summed E-state index contributed by atoms with van der Waals surface area (Å²) in [4.78, 5) is 2.61. The summed E-state index contributed by atoms with van der Waals surface area (Å²) in [6.45, 7) is 7.18. The second kappa shape index (κ2) is 4.34. The van der Waals surface area contributed by atoms with Gasteiger partial charge in [-0.2, -0.15) is 0 Å². The molecule has 0 atom stereocenters. The molecular formula is C15H22N2. The Morgan fingerprint density at radius 3 is 2.82 bits per heavy atom. The number of para-hydroxylation sites is 1. The lowest BCUT2D eigenvalue weighted by atomic mass is 9.74. The number of rotatable bonds is 2. The highest BCUT2D eigenvalue weighted by molar-refractivity contribution is 5.54. The molecule has 2 fully saturated rings. The minimum absolute atomic E-state index is 0.582. The Morgan fingerprint density at radius 2 is 2.12 bits per heavy atom. The van der Waals surface area contributed by atoms with Gasteiger partial charge in [-0.3, -0.25) is 0 Å². The molecule has 3 rings (SSSR count). The second-order valence-corrected chi connectivity index (χ2v) is 5.61. The quantitative estimate of drug-likeness (QED) is 0.839. The predicted octanol–water partition coefficient (Wildman–Crippen LogP) is 2.44. The van der Waals surface area contributed by atoms with Crippen molar-refractivity contribution in [3.05, 3.63) is 29.8 Å². The standard InChI is InChI=1S/C15H22N2/c1-2-13-6-3-4-7-14(13)17-9-5-8-15(12-17)10-16-11-15/h3-4,6-7,16H,2,5,8-12H2,1H3. The van der Waals surface area contributed by atoms with Crippen molar-refractivity contribution in [1.29, 1.82) is 0 Å². The normalized spacial score (nSPS) is 22.5. The molecule has 2 nitrogen and oxygen atoms in total. The monoisotopic (exact) mass is 230 g/mol. The van der Waals surface area contributed by atoms with Crippen molar-refractivity contribution in [1.82, 2.24) is 5.32 Å². The summed E-state index contributed by atoms with van der Waals surface area (Å²) in [5.41, 5.74) is 3.55. The molecule has 0 amide bonds. The maximum Gasteiger partial charge on any atom is 0.0398 e. The first-order chi connectivity index (χ1) is 8.33. The Balaban J connectivity index is 1.83. The Hall–Kier alpha value is -1.02. The fourth-order valence-corrected chi connectivity index (χ4v) is 3.30. The van der Waals surface area contributed by atoms with Crippen LogP contribution in [0.3, 0.4) is 0 Å². The summed E-state index contributed by atoms with van der Waals surface area (Å²) in [6, 6.07) is 8.90. The molecule has 0 saturated carbocycles. The summed E-state index contributed by atoms with van der Waals surface area (Å²) in [7, 11) is 0. The molecule has 0 radical (unpaired) electrons. The Bertz CT molecular complexity index is 396. The van der Waals surface area contributed by atoms with E-state index in [4.69, 9.17) is 0 Å². The molecule has 0 unspecified atom stereocenters. The van der Waals surface area contributed by atoms with Gasteiger partial charge in [0.1, 0.15) is 0 Å². The van der Waals surface area contributed by atoms with Crippen LogP contribution in [0.1, 0.15) is 25.3 Å². The van der Waals surface area contributed by atoms with E-state index in [2.05, 4.69) is 41.4 Å². The number of aryl methyl sites for hydroxylation is 1. The van der Waals surface area contributed by atoms with E-state index in [1.807, 2.05) is 0 Å². The number of hydrogen-bond acceptors (Lipinski definition) is 2. The first kappa shape index (κ1) is 11.1. The van der Waals surface area contributed by atoms with Gasteiger partial charge < -0.3 is 10.2 Å². The van der Waals surface area contributed by atoms with Crippen LogP contribution in [-0.2, 0) is 6.42 Å².